The average molecular weight is 140 g/mol. The molecule has 0 spiro atoms. The molecule has 0 amide bonds. The molecule has 2 heteroatoms. The predicted octanol–water partition coefficient (Wildman–Crippen LogP) is 1.75. The molecule has 0 heterocycles. The van der Waals surface area contributed by atoms with E-state index in [1.807, 2.05) is 14.1 Å². The summed E-state index contributed by atoms with van der Waals surface area (Å²) in [5.74, 6) is 0.458. The molecule has 0 atom stereocenters. The second-order valence-corrected chi connectivity index (χ2v) is 2.73. The van der Waals surface area contributed by atoms with Gasteiger partial charge in [-0.3, -0.25) is 0 Å². The van der Waals surface area contributed by atoms with Crippen molar-refractivity contribution in [1.29, 1.82) is 0 Å². The topological polar surface area (TPSA) is 15.6 Å². The number of hydrogen-bond acceptors (Lipinski definition) is 2. The first kappa shape index (κ1) is 9.21. The number of hydrogen-bond donors (Lipinski definition) is 0. The van der Waals surface area contributed by atoms with E-state index < -0.39 is 0 Å². The fourth-order valence-electron chi connectivity index (χ4n) is 0.623. The van der Waals surface area contributed by atoms with Crippen LogP contribution >= 0.6 is 0 Å². The van der Waals surface area contributed by atoms with Crippen molar-refractivity contribution in [2.45, 2.75) is 13.8 Å². The number of allylic oxidation sites excluding steroid dienone is 1. The molecule has 0 aliphatic heterocycles. The minimum absolute atomic E-state index is 0.458. The minimum Gasteiger partial charge on any atom is -0.303 e. The van der Waals surface area contributed by atoms with Gasteiger partial charge in [0, 0.05) is 14.1 Å². The van der Waals surface area contributed by atoms with Crippen LogP contribution in [0.5, 0.6) is 0 Å². The van der Waals surface area contributed by atoms with Gasteiger partial charge in [-0.2, -0.15) is 5.10 Å². The Bertz CT molecular complexity index is 134. The first-order valence-electron chi connectivity index (χ1n) is 3.46. The fourth-order valence-corrected chi connectivity index (χ4v) is 0.623. The first-order valence-corrected chi connectivity index (χ1v) is 3.46. The molecule has 0 aromatic carbocycles. The zero-order valence-corrected chi connectivity index (χ0v) is 7.26. The van der Waals surface area contributed by atoms with Gasteiger partial charge in [-0.25, -0.2) is 0 Å². The highest BCUT2D eigenvalue weighted by Crippen LogP contribution is 1.98. The van der Waals surface area contributed by atoms with Crippen molar-refractivity contribution in [2.24, 2.45) is 11.0 Å². The molecule has 58 valence electrons. The molecule has 10 heavy (non-hydrogen) atoms. The molecule has 0 aliphatic carbocycles. The van der Waals surface area contributed by atoms with E-state index in [0.29, 0.717) is 5.92 Å². The summed E-state index contributed by atoms with van der Waals surface area (Å²) >= 11 is 0. The van der Waals surface area contributed by atoms with Gasteiger partial charge >= 0.3 is 0 Å². The maximum Gasteiger partial charge on any atom is 0.0624 e. The second-order valence-electron chi connectivity index (χ2n) is 2.73. The molecule has 0 saturated carbocycles. The molecular formula is C8H16N2. The second kappa shape index (κ2) is 4.09. The smallest absolute Gasteiger partial charge is 0.0624 e. The van der Waals surface area contributed by atoms with Crippen LogP contribution in [0.2, 0.25) is 0 Å². The SMILES string of the molecule is C=C/C(=N\N(C)C)C(C)C. The van der Waals surface area contributed by atoms with E-state index >= 15 is 0 Å². The average Bonchev–Trinajstić information content (AvgIpc) is 1.81. The third-order valence-corrected chi connectivity index (χ3v) is 1.12. The number of nitrogens with zero attached hydrogens (tertiary/aromatic N) is 2. The Kier molecular flexibility index (Phi) is 3.77. The van der Waals surface area contributed by atoms with Crippen molar-refractivity contribution in [1.82, 2.24) is 5.01 Å². The molecule has 0 aromatic heterocycles. The van der Waals surface area contributed by atoms with Crippen LogP contribution in [-0.4, -0.2) is 24.8 Å². The molecule has 0 aromatic rings. The van der Waals surface area contributed by atoms with E-state index in [9.17, 15) is 0 Å². The van der Waals surface area contributed by atoms with E-state index in [1.165, 1.54) is 0 Å². The van der Waals surface area contributed by atoms with Crippen LogP contribution in [0.25, 0.3) is 0 Å². The molecule has 2 nitrogen and oxygen atoms in total. The molecule has 0 rings (SSSR count). The summed E-state index contributed by atoms with van der Waals surface area (Å²) in [6.45, 7) is 7.88. The van der Waals surface area contributed by atoms with Crippen molar-refractivity contribution >= 4 is 5.71 Å². The predicted molar refractivity (Wildman–Crippen MR) is 46.2 cm³/mol. The van der Waals surface area contributed by atoms with Gasteiger partial charge in [-0.15, -0.1) is 0 Å². The van der Waals surface area contributed by atoms with Crippen molar-refractivity contribution in [3.8, 4) is 0 Å². The third kappa shape index (κ3) is 3.28. The van der Waals surface area contributed by atoms with Crippen LogP contribution in [0.15, 0.2) is 17.8 Å². The summed E-state index contributed by atoms with van der Waals surface area (Å²) in [7, 11) is 3.82. The quantitative estimate of drug-likeness (QED) is 0.430. The highest BCUT2D eigenvalue weighted by atomic mass is 15.4. The lowest BCUT2D eigenvalue weighted by Crippen LogP contribution is -2.11. The van der Waals surface area contributed by atoms with Gasteiger partial charge in [0.05, 0.1) is 5.71 Å². The van der Waals surface area contributed by atoms with Gasteiger partial charge in [-0.1, -0.05) is 20.4 Å². The molecule has 0 saturated heterocycles. The van der Waals surface area contributed by atoms with E-state index in [2.05, 4.69) is 25.5 Å². The standard InChI is InChI=1S/C8H16N2/c1-6-8(7(2)3)9-10(4)5/h6-7H,1H2,2-5H3/b9-8+. The molecule has 0 unspecified atom stereocenters. The number of hydrazone groups is 1. The van der Waals surface area contributed by atoms with Crippen molar-refractivity contribution < 1.29 is 0 Å². The van der Waals surface area contributed by atoms with Gasteiger partial charge in [0.25, 0.3) is 0 Å². The van der Waals surface area contributed by atoms with E-state index in [0.717, 1.165) is 5.71 Å². The molecule has 0 N–H and O–H groups in total. The first-order chi connectivity index (χ1) is 4.57. The molecule has 0 radical (unpaired) electrons. The third-order valence-electron chi connectivity index (χ3n) is 1.12. The van der Waals surface area contributed by atoms with E-state index in [-0.39, 0.29) is 0 Å². The highest BCUT2D eigenvalue weighted by Gasteiger charge is 1.99. The van der Waals surface area contributed by atoms with E-state index in [4.69, 9.17) is 0 Å². The van der Waals surface area contributed by atoms with Crippen molar-refractivity contribution in [3.63, 3.8) is 0 Å². The Labute approximate surface area is 63.2 Å². The summed E-state index contributed by atoms with van der Waals surface area (Å²) in [4.78, 5) is 0. The highest BCUT2D eigenvalue weighted by molar-refractivity contribution is 5.95. The molecular weight excluding hydrogens is 124 g/mol. The summed E-state index contributed by atoms with van der Waals surface area (Å²) < 4.78 is 0. The molecule has 0 bridgehead atoms. The van der Waals surface area contributed by atoms with Crippen molar-refractivity contribution in [3.05, 3.63) is 12.7 Å². The van der Waals surface area contributed by atoms with Gasteiger partial charge < -0.3 is 5.01 Å². The zero-order valence-electron chi connectivity index (χ0n) is 7.26. The molecule has 0 aliphatic rings. The largest absolute Gasteiger partial charge is 0.303 e. The summed E-state index contributed by atoms with van der Waals surface area (Å²) in [6, 6.07) is 0. The summed E-state index contributed by atoms with van der Waals surface area (Å²) in [6.07, 6.45) is 1.80. The van der Waals surface area contributed by atoms with Crippen LogP contribution in [0, 0.1) is 5.92 Å². The van der Waals surface area contributed by atoms with Crippen LogP contribution in [0.3, 0.4) is 0 Å². The number of rotatable bonds is 3. The summed E-state index contributed by atoms with van der Waals surface area (Å²) in [5.41, 5.74) is 1.03. The van der Waals surface area contributed by atoms with Crippen molar-refractivity contribution in [2.75, 3.05) is 14.1 Å². The van der Waals surface area contributed by atoms with Crippen LogP contribution < -0.4 is 0 Å². The van der Waals surface area contributed by atoms with E-state index in [1.54, 1.807) is 11.1 Å². The Hall–Kier alpha value is -0.790. The van der Waals surface area contributed by atoms with Crippen LogP contribution in [0.1, 0.15) is 13.8 Å². The van der Waals surface area contributed by atoms with Crippen LogP contribution in [-0.2, 0) is 0 Å². The monoisotopic (exact) mass is 140 g/mol. The van der Waals surface area contributed by atoms with Crippen LogP contribution in [0.4, 0.5) is 0 Å². The van der Waals surface area contributed by atoms with Gasteiger partial charge in [0.1, 0.15) is 0 Å². The van der Waals surface area contributed by atoms with Gasteiger partial charge in [0.2, 0.25) is 0 Å². The fraction of sp³-hybridized carbons (Fsp3) is 0.625. The maximum absolute atomic E-state index is 4.23. The summed E-state index contributed by atoms with van der Waals surface area (Å²) in [5, 5.41) is 6.02. The lowest BCUT2D eigenvalue weighted by Gasteiger charge is -2.09. The van der Waals surface area contributed by atoms with Gasteiger partial charge in [-0.05, 0) is 12.0 Å². The van der Waals surface area contributed by atoms with Gasteiger partial charge in [0.15, 0.2) is 0 Å². The normalized spacial score (nSPS) is 11.9. The lowest BCUT2D eigenvalue weighted by atomic mass is 10.1. The Morgan fingerprint density at radius 1 is 1.50 bits per heavy atom. The Balaban J connectivity index is 4.18. The maximum atomic E-state index is 4.23. The molecule has 0 fully saturated rings. The zero-order chi connectivity index (χ0) is 8.15. The Morgan fingerprint density at radius 3 is 2.10 bits per heavy atom. The minimum atomic E-state index is 0.458. The lowest BCUT2D eigenvalue weighted by molar-refractivity contribution is 0.434. The Morgan fingerprint density at radius 2 is 2.00 bits per heavy atom.